The molecule has 4 nitrogen and oxygen atoms in total. The molecule has 4 heteroatoms. The first kappa shape index (κ1) is 17.4. The molecule has 1 saturated heterocycles. The highest BCUT2D eigenvalue weighted by molar-refractivity contribution is 5.75. The number of rotatable bonds is 11. The van der Waals surface area contributed by atoms with Gasteiger partial charge in [0.05, 0.1) is 6.10 Å². The Morgan fingerprint density at radius 3 is 2.65 bits per heavy atom. The van der Waals surface area contributed by atoms with E-state index in [2.05, 4.69) is 17.6 Å². The second-order valence-electron chi connectivity index (χ2n) is 5.69. The van der Waals surface area contributed by atoms with E-state index in [0.717, 1.165) is 51.9 Å². The predicted octanol–water partition coefficient (Wildman–Crippen LogP) is 2.62. The van der Waals surface area contributed by atoms with Crippen LogP contribution in [-0.2, 0) is 9.53 Å². The number of ether oxygens (including phenoxy) is 1. The number of piperidine rings is 1. The third kappa shape index (κ3) is 9.32. The molecular formula is C16H32N2O2. The van der Waals surface area contributed by atoms with Crippen LogP contribution in [-0.4, -0.2) is 38.3 Å². The van der Waals surface area contributed by atoms with Crippen molar-refractivity contribution in [2.24, 2.45) is 0 Å². The Labute approximate surface area is 124 Å². The Balaban J connectivity index is 1.83. The lowest BCUT2D eigenvalue weighted by Crippen LogP contribution is -2.33. The number of carbonyl (C=O) groups is 1. The molecule has 0 aliphatic carbocycles. The monoisotopic (exact) mass is 284 g/mol. The zero-order valence-electron chi connectivity index (χ0n) is 13.1. The van der Waals surface area contributed by atoms with Gasteiger partial charge in [0.25, 0.3) is 0 Å². The molecule has 1 fully saturated rings. The highest BCUT2D eigenvalue weighted by atomic mass is 16.5. The number of hydrogen-bond donors (Lipinski definition) is 2. The van der Waals surface area contributed by atoms with Gasteiger partial charge in [-0.3, -0.25) is 4.79 Å². The van der Waals surface area contributed by atoms with E-state index in [1.165, 1.54) is 25.7 Å². The van der Waals surface area contributed by atoms with Crippen LogP contribution >= 0.6 is 0 Å². The van der Waals surface area contributed by atoms with Crippen LogP contribution in [0.1, 0.15) is 64.7 Å². The first-order valence-corrected chi connectivity index (χ1v) is 8.42. The Hall–Kier alpha value is -0.610. The summed E-state index contributed by atoms with van der Waals surface area (Å²) in [5.41, 5.74) is 0. The first-order chi connectivity index (χ1) is 9.83. The molecule has 0 radical (unpaired) electrons. The lowest BCUT2D eigenvalue weighted by atomic mass is 10.1. The number of amides is 1. The maximum atomic E-state index is 11.6. The minimum Gasteiger partial charge on any atom is -0.378 e. The second-order valence-corrected chi connectivity index (χ2v) is 5.69. The molecule has 0 spiro atoms. The van der Waals surface area contributed by atoms with Gasteiger partial charge >= 0.3 is 0 Å². The van der Waals surface area contributed by atoms with E-state index in [9.17, 15) is 4.79 Å². The fraction of sp³-hybridized carbons (Fsp3) is 0.938. The van der Waals surface area contributed by atoms with Gasteiger partial charge in [-0.15, -0.1) is 0 Å². The molecular weight excluding hydrogens is 252 g/mol. The molecule has 0 aromatic rings. The molecule has 20 heavy (non-hydrogen) atoms. The van der Waals surface area contributed by atoms with Gasteiger partial charge in [0, 0.05) is 19.6 Å². The molecule has 2 N–H and O–H groups in total. The van der Waals surface area contributed by atoms with Crippen LogP contribution in [0.15, 0.2) is 0 Å². The molecule has 118 valence electrons. The minimum absolute atomic E-state index is 0.198. The zero-order chi connectivity index (χ0) is 14.5. The Morgan fingerprint density at radius 2 is 1.90 bits per heavy atom. The smallest absolute Gasteiger partial charge is 0.219 e. The molecule has 0 bridgehead atoms. The average molecular weight is 284 g/mol. The maximum absolute atomic E-state index is 11.6. The minimum atomic E-state index is 0.198. The summed E-state index contributed by atoms with van der Waals surface area (Å²) >= 11 is 0. The van der Waals surface area contributed by atoms with Gasteiger partial charge < -0.3 is 15.4 Å². The maximum Gasteiger partial charge on any atom is 0.219 e. The quantitative estimate of drug-likeness (QED) is 0.573. The van der Waals surface area contributed by atoms with Gasteiger partial charge in [-0.05, 0) is 38.8 Å². The lowest BCUT2D eigenvalue weighted by molar-refractivity contribution is -0.121. The molecule has 1 aliphatic heterocycles. The van der Waals surface area contributed by atoms with E-state index >= 15 is 0 Å². The molecule has 1 rings (SSSR count). The molecule has 1 amide bonds. The molecule has 0 atom stereocenters. The fourth-order valence-corrected chi connectivity index (χ4v) is 2.49. The zero-order valence-corrected chi connectivity index (χ0v) is 13.1. The normalized spacial score (nSPS) is 16.2. The summed E-state index contributed by atoms with van der Waals surface area (Å²) in [5, 5.41) is 6.31. The summed E-state index contributed by atoms with van der Waals surface area (Å²) in [4.78, 5) is 11.6. The van der Waals surface area contributed by atoms with Crippen molar-refractivity contribution in [2.75, 3.05) is 26.2 Å². The summed E-state index contributed by atoms with van der Waals surface area (Å²) in [6.07, 6.45) is 10.3. The van der Waals surface area contributed by atoms with Crippen LogP contribution < -0.4 is 10.6 Å². The second kappa shape index (κ2) is 12.2. The lowest BCUT2D eigenvalue weighted by Gasteiger charge is -2.22. The highest BCUT2D eigenvalue weighted by Gasteiger charge is 2.12. The van der Waals surface area contributed by atoms with Crippen molar-refractivity contribution >= 4 is 5.91 Å². The summed E-state index contributed by atoms with van der Waals surface area (Å²) in [5.74, 6) is 0.198. The third-order valence-electron chi connectivity index (χ3n) is 3.79. The molecule has 1 heterocycles. The van der Waals surface area contributed by atoms with Crippen LogP contribution in [0.5, 0.6) is 0 Å². The number of nitrogens with one attached hydrogen (secondary N) is 2. The van der Waals surface area contributed by atoms with E-state index in [4.69, 9.17) is 4.74 Å². The van der Waals surface area contributed by atoms with Gasteiger partial charge in [0.2, 0.25) is 5.91 Å². The highest BCUT2D eigenvalue weighted by Crippen LogP contribution is 2.07. The van der Waals surface area contributed by atoms with E-state index in [1.54, 1.807) is 0 Å². The van der Waals surface area contributed by atoms with Gasteiger partial charge in [0.15, 0.2) is 0 Å². The van der Waals surface area contributed by atoms with Crippen LogP contribution in [0.4, 0.5) is 0 Å². The SMILES string of the molecule is CCCCCCCC(=O)NCCCOC1CCNCC1. The Kier molecular flexibility index (Phi) is 10.6. The van der Waals surface area contributed by atoms with Crippen molar-refractivity contribution in [1.29, 1.82) is 0 Å². The van der Waals surface area contributed by atoms with Gasteiger partial charge in [-0.25, -0.2) is 0 Å². The molecule has 1 aliphatic rings. The van der Waals surface area contributed by atoms with Crippen molar-refractivity contribution in [3.8, 4) is 0 Å². The van der Waals surface area contributed by atoms with Crippen LogP contribution in [0, 0.1) is 0 Å². The molecule has 0 unspecified atom stereocenters. The summed E-state index contributed by atoms with van der Waals surface area (Å²) in [6, 6.07) is 0. The summed E-state index contributed by atoms with van der Waals surface area (Å²) in [6.45, 7) is 5.86. The standard InChI is InChI=1S/C16H32N2O2/c1-2-3-4-5-6-8-16(19)18-11-7-14-20-15-9-12-17-13-10-15/h15,17H,2-14H2,1H3,(H,18,19). The fourth-order valence-electron chi connectivity index (χ4n) is 2.49. The van der Waals surface area contributed by atoms with Crippen molar-refractivity contribution < 1.29 is 9.53 Å². The van der Waals surface area contributed by atoms with Crippen molar-refractivity contribution in [3.63, 3.8) is 0 Å². The number of carbonyl (C=O) groups excluding carboxylic acids is 1. The largest absolute Gasteiger partial charge is 0.378 e. The van der Waals surface area contributed by atoms with Crippen LogP contribution in [0.3, 0.4) is 0 Å². The first-order valence-electron chi connectivity index (χ1n) is 8.42. The summed E-state index contributed by atoms with van der Waals surface area (Å²) < 4.78 is 5.80. The number of hydrogen-bond acceptors (Lipinski definition) is 3. The topological polar surface area (TPSA) is 50.4 Å². The van der Waals surface area contributed by atoms with Crippen LogP contribution in [0.2, 0.25) is 0 Å². The van der Waals surface area contributed by atoms with Crippen molar-refractivity contribution in [2.45, 2.75) is 70.8 Å². The third-order valence-corrected chi connectivity index (χ3v) is 3.79. The number of unbranched alkanes of at least 4 members (excludes halogenated alkanes) is 4. The van der Waals surface area contributed by atoms with Gasteiger partial charge in [0.1, 0.15) is 0 Å². The Bertz CT molecular complexity index is 241. The van der Waals surface area contributed by atoms with Crippen molar-refractivity contribution in [3.05, 3.63) is 0 Å². The van der Waals surface area contributed by atoms with E-state index in [0.29, 0.717) is 12.5 Å². The van der Waals surface area contributed by atoms with E-state index in [-0.39, 0.29) is 5.91 Å². The Morgan fingerprint density at radius 1 is 1.15 bits per heavy atom. The molecule has 0 aromatic heterocycles. The molecule has 0 aromatic carbocycles. The van der Waals surface area contributed by atoms with Gasteiger partial charge in [-0.2, -0.15) is 0 Å². The van der Waals surface area contributed by atoms with E-state index in [1.807, 2.05) is 0 Å². The van der Waals surface area contributed by atoms with Gasteiger partial charge in [-0.1, -0.05) is 32.6 Å². The molecule has 0 saturated carbocycles. The van der Waals surface area contributed by atoms with Crippen LogP contribution in [0.25, 0.3) is 0 Å². The van der Waals surface area contributed by atoms with Crippen molar-refractivity contribution in [1.82, 2.24) is 10.6 Å². The predicted molar refractivity (Wildman–Crippen MR) is 82.8 cm³/mol. The summed E-state index contributed by atoms with van der Waals surface area (Å²) in [7, 11) is 0. The average Bonchev–Trinajstić information content (AvgIpc) is 2.48. The van der Waals surface area contributed by atoms with E-state index < -0.39 is 0 Å².